The maximum absolute atomic E-state index is 12.2. The number of nitrogens with zero attached hydrogens (tertiary/aromatic N) is 1. The van der Waals surface area contributed by atoms with Crippen molar-refractivity contribution in [2.45, 2.75) is 10.8 Å². The summed E-state index contributed by atoms with van der Waals surface area (Å²) in [6, 6.07) is 6.72. The molecule has 1 aromatic heterocycles. The predicted octanol–water partition coefficient (Wildman–Crippen LogP) is 2.57. The van der Waals surface area contributed by atoms with Gasteiger partial charge in [0.1, 0.15) is 9.23 Å². The molecule has 0 spiro atoms. The molecule has 2 rings (SSSR count). The third-order valence-corrected chi connectivity index (χ3v) is 5.80. The Morgan fingerprint density at radius 2 is 2.05 bits per heavy atom. The van der Waals surface area contributed by atoms with Gasteiger partial charge >= 0.3 is 0 Å². The molecule has 0 amide bonds. The quantitative estimate of drug-likeness (QED) is 0.637. The lowest BCUT2D eigenvalue weighted by Crippen LogP contribution is -2.11. The number of nitrogens with two attached hydrogens (primary N) is 1. The van der Waals surface area contributed by atoms with Crippen LogP contribution in [0, 0.1) is 10.1 Å². The van der Waals surface area contributed by atoms with Crippen LogP contribution in [0.15, 0.2) is 34.5 Å². The van der Waals surface area contributed by atoms with Crippen molar-refractivity contribution in [1.82, 2.24) is 0 Å². The fourth-order valence-corrected chi connectivity index (χ4v) is 4.00. The van der Waals surface area contributed by atoms with Gasteiger partial charge in [0.15, 0.2) is 0 Å². The average molecular weight is 348 g/mol. The van der Waals surface area contributed by atoms with Gasteiger partial charge in [-0.05, 0) is 24.3 Å². The number of hydrogen-bond donors (Lipinski definition) is 2. The summed E-state index contributed by atoms with van der Waals surface area (Å²) in [4.78, 5) is 10.8. The van der Waals surface area contributed by atoms with Crippen LogP contribution in [0.1, 0.15) is 4.88 Å². The van der Waals surface area contributed by atoms with E-state index in [0.29, 0.717) is 0 Å². The van der Waals surface area contributed by atoms with Crippen LogP contribution in [0.25, 0.3) is 0 Å². The summed E-state index contributed by atoms with van der Waals surface area (Å²) in [5.41, 5.74) is 5.13. The highest BCUT2D eigenvalue weighted by molar-refractivity contribution is 7.94. The fraction of sp³-hybridized carbons (Fsp3) is 0.0909. The minimum atomic E-state index is -3.81. The van der Waals surface area contributed by atoms with Crippen LogP contribution >= 0.6 is 22.9 Å². The van der Waals surface area contributed by atoms with Crippen LogP contribution in [0.3, 0.4) is 0 Å². The highest BCUT2D eigenvalue weighted by Crippen LogP contribution is 2.29. The molecule has 0 saturated carbocycles. The molecule has 21 heavy (non-hydrogen) atoms. The first-order valence-corrected chi connectivity index (χ1v) is 8.27. The predicted molar refractivity (Wildman–Crippen MR) is 81.1 cm³/mol. The smallest absolute Gasteiger partial charge is 0.289 e. The summed E-state index contributed by atoms with van der Waals surface area (Å²) < 4.78 is 26.7. The highest BCUT2D eigenvalue weighted by atomic mass is 35.5. The molecule has 0 unspecified atom stereocenters. The number of thiophene rings is 1. The molecule has 0 bridgehead atoms. The van der Waals surface area contributed by atoms with Crippen molar-refractivity contribution >= 4 is 44.3 Å². The van der Waals surface area contributed by atoms with Crippen molar-refractivity contribution in [3.63, 3.8) is 0 Å². The zero-order valence-corrected chi connectivity index (χ0v) is 12.8. The molecule has 7 nitrogen and oxygen atoms in total. The first-order valence-electron chi connectivity index (χ1n) is 5.59. The van der Waals surface area contributed by atoms with E-state index < -0.39 is 14.9 Å². The Balaban J connectivity index is 2.32. The number of nitrogens with one attached hydrogen (secondary N) is 1. The first kappa shape index (κ1) is 15.7. The van der Waals surface area contributed by atoms with Crippen molar-refractivity contribution < 1.29 is 13.3 Å². The maximum atomic E-state index is 12.2. The third-order valence-electron chi connectivity index (χ3n) is 2.50. The highest BCUT2D eigenvalue weighted by Gasteiger charge is 2.19. The van der Waals surface area contributed by atoms with Crippen LogP contribution in [0.2, 0.25) is 5.02 Å². The molecule has 0 aliphatic heterocycles. The van der Waals surface area contributed by atoms with E-state index in [1.54, 1.807) is 6.07 Å². The van der Waals surface area contributed by atoms with Gasteiger partial charge in [-0.15, -0.1) is 11.3 Å². The van der Waals surface area contributed by atoms with Crippen LogP contribution < -0.4 is 10.5 Å². The number of nitro groups is 1. The SMILES string of the molecule is NCc1ccc(S(=O)(=O)Nc2ccc(Cl)c([N+](=O)[O-])c2)s1. The van der Waals surface area contributed by atoms with E-state index in [-0.39, 0.29) is 27.2 Å². The monoisotopic (exact) mass is 347 g/mol. The van der Waals surface area contributed by atoms with Crippen molar-refractivity contribution in [1.29, 1.82) is 0 Å². The Bertz CT molecular complexity index is 789. The molecule has 0 fully saturated rings. The number of halogens is 1. The summed E-state index contributed by atoms with van der Waals surface area (Å²) in [6.07, 6.45) is 0. The van der Waals surface area contributed by atoms with Gasteiger partial charge in [-0.3, -0.25) is 14.8 Å². The summed E-state index contributed by atoms with van der Waals surface area (Å²) in [6.45, 7) is 0.243. The van der Waals surface area contributed by atoms with Gasteiger partial charge in [-0.25, -0.2) is 8.42 Å². The summed E-state index contributed by atoms with van der Waals surface area (Å²) >= 11 is 6.71. The molecule has 3 N–H and O–H groups in total. The number of hydrogen-bond acceptors (Lipinski definition) is 6. The second-order valence-electron chi connectivity index (χ2n) is 3.95. The van der Waals surface area contributed by atoms with Crippen LogP contribution in [0.4, 0.5) is 11.4 Å². The molecule has 1 heterocycles. The Labute approximate surface area is 129 Å². The molecule has 0 saturated heterocycles. The molecule has 10 heteroatoms. The molecule has 112 valence electrons. The summed E-state index contributed by atoms with van der Waals surface area (Å²) in [5.74, 6) is 0. The van der Waals surface area contributed by atoms with Gasteiger partial charge in [0.2, 0.25) is 0 Å². The van der Waals surface area contributed by atoms with Crippen molar-refractivity contribution in [2.75, 3.05) is 4.72 Å². The first-order chi connectivity index (χ1) is 9.83. The van der Waals surface area contributed by atoms with Gasteiger partial charge in [0.05, 0.1) is 10.6 Å². The summed E-state index contributed by atoms with van der Waals surface area (Å²) in [7, 11) is -3.81. The maximum Gasteiger partial charge on any atom is 0.289 e. The van der Waals surface area contributed by atoms with Gasteiger partial charge in [-0.1, -0.05) is 11.6 Å². The molecule has 0 radical (unpaired) electrons. The minimum absolute atomic E-state index is 0.0637. The second kappa shape index (κ2) is 5.98. The number of anilines is 1. The summed E-state index contributed by atoms with van der Waals surface area (Å²) in [5, 5.41) is 10.7. The standard InChI is InChI=1S/C11H10ClN3O4S2/c12-9-3-1-7(5-10(9)15(16)17)14-21(18,19)11-4-2-8(6-13)20-11/h1-5,14H,6,13H2. The lowest BCUT2D eigenvalue weighted by Gasteiger charge is -2.06. The van der Waals surface area contributed by atoms with E-state index in [2.05, 4.69) is 4.72 Å². The van der Waals surface area contributed by atoms with Crippen LogP contribution in [-0.4, -0.2) is 13.3 Å². The van der Waals surface area contributed by atoms with E-state index in [0.717, 1.165) is 22.3 Å². The van der Waals surface area contributed by atoms with E-state index in [1.807, 2.05) is 0 Å². The zero-order valence-electron chi connectivity index (χ0n) is 10.4. The lowest BCUT2D eigenvalue weighted by molar-refractivity contribution is -0.384. The van der Waals surface area contributed by atoms with E-state index in [1.165, 1.54) is 18.2 Å². The topological polar surface area (TPSA) is 115 Å². The molecule has 0 atom stereocenters. The number of nitro benzene ring substituents is 1. The van der Waals surface area contributed by atoms with Gasteiger partial charge in [-0.2, -0.15) is 0 Å². The second-order valence-corrected chi connectivity index (χ2v) is 7.44. The van der Waals surface area contributed by atoms with Gasteiger partial charge in [0.25, 0.3) is 15.7 Å². The van der Waals surface area contributed by atoms with Gasteiger partial charge in [0, 0.05) is 17.5 Å². The van der Waals surface area contributed by atoms with E-state index >= 15 is 0 Å². The average Bonchev–Trinajstić information content (AvgIpc) is 2.90. The van der Waals surface area contributed by atoms with E-state index in [9.17, 15) is 18.5 Å². The Morgan fingerprint density at radius 1 is 1.33 bits per heavy atom. The molecule has 0 aliphatic rings. The molecule has 2 aromatic rings. The van der Waals surface area contributed by atoms with Crippen molar-refractivity contribution in [3.8, 4) is 0 Å². The van der Waals surface area contributed by atoms with Crippen LogP contribution in [-0.2, 0) is 16.6 Å². The number of sulfonamides is 1. The zero-order chi connectivity index (χ0) is 15.6. The molecular formula is C11H10ClN3O4S2. The normalized spacial score (nSPS) is 11.3. The molecule has 0 aliphatic carbocycles. The Hall–Kier alpha value is -1.68. The Morgan fingerprint density at radius 3 is 2.62 bits per heavy atom. The van der Waals surface area contributed by atoms with Crippen LogP contribution in [0.5, 0.6) is 0 Å². The number of benzene rings is 1. The van der Waals surface area contributed by atoms with Crippen molar-refractivity contribution in [3.05, 3.63) is 50.3 Å². The van der Waals surface area contributed by atoms with Crippen molar-refractivity contribution in [2.24, 2.45) is 5.73 Å². The van der Waals surface area contributed by atoms with Gasteiger partial charge < -0.3 is 5.73 Å². The minimum Gasteiger partial charge on any atom is -0.326 e. The number of rotatable bonds is 5. The van der Waals surface area contributed by atoms with E-state index in [4.69, 9.17) is 17.3 Å². The molecule has 1 aromatic carbocycles. The Kier molecular flexibility index (Phi) is 4.47. The fourth-order valence-electron chi connectivity index (χ4n) is 1.53. The lowest BCUT2D eigenvalue weighted by atomic mass is 10.3. The third kappa shape index (κ3) is 3.50. The molecular weight excluding hydrogens is 338 g/mol. The largest absolute Gasteiger partial charge is 0.326 e.